The Balaban J connectivity index is 1.37. The smallest absolute Gasteiger partial charge is 0.355 e. The zero-order valence-corrected chi connectivity index (χ0v) is 15.2. The molecular weight excluding hydrogens is 375 g/mol. The summed E-state index contributed by atoms with van der Waals surface area (Å²) in [7, 11) is 0. The van der Waals surface area contributed by atoms with Crippen molar-refractivity contribution in [2.24, 2.45) is 0 Å². The van der Waals surface area contributed by atoms with Gasteiger partial charge in [-0.25, -0.2) is 4.98 Å². The van der Waals surface area contributed by atoms with Crippen molar-refractivity contribution in [1.82, 2.24) is 19.0 Å². The van der Waals surface area contributed by atoms with Crippen LogP contribution in [0.4, 0.5) is 19.0 Å². The van der Waals surface area contributed by atoms with Gasteiger partial charge in [0.05, 0.1) is 17.3 Å². The van der Waals surface area contributed by atoms with Gasteiger partial charge in [-0.15, -0.1) is 0 Å². The molecule has 1 aromatic carbocycles. The normalized spacial score (nSPS) is 18.2. The number of nitrogens with zero attached hydrogens (tertiary/aromatic N) is 4. The SMILES string of the molecule is FC(F)(F)c1ccc(N2CCCC(NCc3ccc4nsnc4c3)C2)nc1. The van der Waals surface area contributed by atoms with E-state index in [2.05, 4.69) is 19.0 Å². The predicted octanol–water partition coefficient (Wildman–Crippen LogP) is 3.86. The molecule has 5 nitrogen and oxygen atoms in total. The molecule has 142 valence electrons. The molecule has 27 heavy (non-hydrogen) atoms. The van der Waals surface area contributed by atoms with Crippen LogP contribution in [0.25, 0.3) is 11.0 Å². The predicted molar refractivity (Wildman–Crippen MR) is 98.7 cm³/mol. The fourth-order valence-corrected chi connectivity index (χ4v) is 3.81. The first-order valence-corrected chi connectivity index (χ1v) is 9.45. The van der Waals surface area contributed by atoms with Crippen molar-refractivity contribution in [2.75, 3.05) is 18.0 Å². The largest absolute Gasteiger partial charge is 0.417 e. The quantitative estimate of drug-likeness (QED) is 0.729. The van der Waals surface area contributed by atoms with Gasteiger partial charge in [0.1, 0.15) is 16.9 Å². The molecule has 3 heterocycles. The van der Waals surface area contributed by atoms with Gasteiger partial charge in [0.15, 0.2) is 0 Å². The average Bonchev–Trinajstić information content (AvgIpc) is 3.14. The molecule has 0 bridgehead atoms. The van der Waals surface area contributed by atoms with Crippen LogP contribution >= 0.6 is 11.7 Å². The molecule has 1 N–H and O–H groups in total. The van der Waals surface area contributed by atoms with Gasteiger partial charge < -0.3 is 10.2 Å². The third-order valence-corrected chi connectivity index (χ3v) is 5.29. The van der Waals surface area contributed by atoms with Gasteiger partial charge in [-0.05, 0) is 42.7 Å². The van der Waals surface area contributed by atoms with Crippen LogP contribution in [0.1, 0.15) is 24.0 Å². The molecular formula is C18H18F3N5S. The Labute approximate surface area is 158 Å². The number of anilines is 1. The van der Waals surface area contributed by atoms with E-state index in [1.54, 1.807) is 0 Å². The van der Waals surface area contributed by atoms with Crippen LogP contribution in [0, 0.1) is 0 Å². The summed E-state index contributed by atoms with van der Waals surface area (Å²) < 4.78 is 46.5. The minimum atomic E-state index is -4.36. The van der Waals surface area contributed by atoms with Gasteiger partial charge in [0.2, 0.25) is 0 Å². The van der Waals surface area contributed by atoms with E-state index in [0.717, 1.165) is 54.8 Å². The zero-order chi connectivity index (χ0) is 18.9. The summed E-state index contributed by atoms with van der Waals surface area (Å²) in [6.45, 7) is 2.23. The molecule has 1 aliphatic rings. The fraction of sp³-hybridized carbons (Fsp3) is 0.389. The third kappa shape index (κ3) is 4.19. The number of halogens is 3. The molecule has 1 unspecified atom stereocenters. The number of alkyl halides is 3. The highest BCUT2D eigenvalue weighted by Crippen LogP contribution is 2.29. The van der Waals surface area contributed by atoms with Crippen molar-refractivity contribution in [1.29, 1.82) is 0 Å². The minimum Gasteiger partial charge on any atom is -0.355 e. The van der Waals surface area contributed by atoms with Gasteiger partial charge in [0.25, 0.3) is 0 Å². The maximum atomic E-state index is 12.7. The van der Waals surface area contributed by atoms with E-state index < -0.39 is 11.7 Å². The highest BCUT2D eigenvalue weighted by molar-refractivity contribution is 7.00. The van der Waals surface area contributed by atoms with E-state index in [1.807, 2.05) is 23.1 Å². The van der Waals surface area contributed by atoms with Crippen molar-refractivity contribution < 1.29 is 13.2 Å². The van der Waals surface area contributed by atoms with Crippen molar-refractivity contribution in [3.8, 4) is 0 Å². The standard InChI is InChI=1S/C18H18F3N5S/c19-18(20,21)13-4-6-17(23-10-13)26-7-1-2-14(11-26)22-9-12-3-5-15-16(8-12)25-27-24-15/h3-6,8,10,14,22H,1-2,7,9,11H2. The lowest BCUT2D eigenvalue weighted by molar-refractivity contribution is -0.137. The fourth-order valence-electron chi connectivity index (χ4n) is 3.29. The lowest BCUT2D eigenvalue weighted by Gasteiger charge is -2.34. The molecule has 0 aliphatic carbocycles. The Bertz CT molecular complexity index is 909. The summed E-state index contributed by atoms with van der Waals surface area (Å²) in [5.41, 5.74) is 2.23. The molecule has 0 spiro atoms. The summed E-state index contributed by atoms with van der Waals surface area (Å²) in [5, 5.41) is 3.54. The van der Waals surface area contributed by atoms with E-state index in [0.29, 0.717) is 12.4 Å². The van der Waals surface area contributed by atoms with Crippen molar-refractivity contribution >= 4 is 28.6 Å². The number of hydrogen-bond donors (Lipinski definition) is 1. The lowest BCUT2D eigenvalue weighted by atomic mass is 10.0. The second kappa shape index (κ2) is 7.40. The molecule has 3 aromatic rings. The summed E-state index contributed by atoms with van der Waals surface area (Å²) in [6, 6.07) is 8.84. The van der Waals surface area contributed by atoms with Crippen molar-refractivity contribution in [3.05, 3.63) is 47.7 Å². The zero-order valence-electron chi connectivity index (χ0n) is 14.4. The second-order valence-corrected chi connectivity index (χ2v) is 7.18. The molecule has 0 radical (unpaired) electrons. The number of hydrogen-bond acceptors (Lipinski definition) is 6. The second-order valence-electron chi connectivity index (χ2n) is 6.66. The highest BCUT2D eigenvalue weighted by Gasteiger charge is 2.31. The number of piperidine rings is 1. The molecule has 2 aromatic heterocycles. The van der Waals surface area contributed by atoms with Gasteiger partial charge in [-0.1, -0.05) is 6.07 Å². The number of aromatic nitrogens is 3. The molecule has 9 heteroatoms. The van der Waals surface area contributed by atoms with Crippen molar-refractivity contribution in [3.63, 3.8) is 0 Å². The van der Waals surface area contributed by atoms with Crippen LogP contribution < -0.4 is 10.2 Å². The highest BCUT2D eigenvalue weighted by atomic mass is 32.1. The van der Waals surface area contributed by atoms with Crippen LogP contribution in [-0.2, 0) is 12.7 Å². The van der Waals surface area contributed by atoms with Crippen LogP contribution in [0.5, 0.6) is 0 Å². The number of benzene rings is 1. The summed E-state index contributed by atoms with van der Waals surface area (Å²) >= 11 is 1.20. The van der Waals surface area contributed by atoms with Gasteiger partial charge in [-0.2, -0.15) is 21.9 Å². The summed E-state index contributed by atoms with van der Waals surface area (Å²) in [4.78, 5) is 6.05. The van der Waals surface area contributed by atoms with Crippen LogP contribution in [0.2, 0.25) is 0 Å². The maximum Gasteiger partial charge on any atom is 0.417 e. The van der Waals surface area contributed by atoms with Crippen LogP contribution in [-0.4, -0.2) is 32.9 Å². The first-order valence-electron chi connectivity index (χ1n) is 8.72. The summed E-state index contributed by atoms with van der Waals surface area (Å²) in [5.74, 6) is 0.587. The Morgan fingerprint density at radius 2 is 2.00 bits per heavy atom. The Morgan fingerprint density at radius 3 is 2.78 bits per heavy atom. The first-order chi connectivity index (χ1) is 13.0. The summed E-state index contributed by atoms with van der Waals surface area (Å²) in [6.07, 6.45) is -1.46. The number of rotatable bonds is 4. The first kappa shape index (κ1) is 18.1. The Kier molecular flexibility index (Phi) is 4.96. The number of pyridine rings is 1. The third-order valence-electron chi connectivity index (χ3n) is 4.73. The Hall–Kier alpha value is -2.26. The number of nitrogens with one attached hydrogen (secondary N) is 1. The van der Waals surface area contributed by atoms with E-state index in [9.17, 15) is 13.2 Å². The van der Waals surface area contributed by atoms with Crippen LogP contribution in [0.3, 0.4) is 0 Å². The molecule has 1 atom stereocenters. The van der Waals surface area contributed by atoms with E-state index in [1.165, 1.54) is 17.8 Å². The van der Waals surface area contributed by atoms with Gasteiger partial charge in [0, 0.05) is 31.9 Å². The topological polar surface area (TPSA) is 53.9 Å². The molecule has 4 rings (SSSR count). The molecule has 1 aliphatic heterocycles. The minimum absolute atomic E-state index is 0.257. The van der Waals surface area contributed by atoms with Crippen LogP contribution in [0.15, 0.2) is 36.5 Å². The van der Waals surface area contributed by atoms with E-state index in [-0.39, 0.29) is 6.04 Å². The number of fused-ring (bicyclic) bond motifs is 1. The Morgan fingerprint density at radius 1 is 1.15 bits per heavy atom. The molecule has 0 amide bonds. The molecule has 1 saturated heterocycles. The van der Waals surface area contributed by atoms with Crippen molar-refractivity contribution in [2.45, 2.75) is 31.6 Å². The average molecular weight is 393 g/mol. The van der Waals surface area contributed by atoms with Gasteiger partial charge >= 0.3 is 6.18 Å². The van der Waals surface area contributed by atoms with Gasteiger partial charge in [-0.3, -0.25) is 0 Å². The van der Waals surface area contributed by atoms with E-state index >= 15 is 0 Å². The lowest BCUT2D eigenvalue weighted by Crippen LogP contribution is -2.45. The molecule has 0 saturated carbocycles. The molecule has 1 fully saturated rings. The maximum absolute atomic E-state index is 12.7. The monoisotopic (exact) mass is 393 g/mol. The van der Waals surface area contributed by atoms with E-state index in [4.69, 9.17) is 0 Å².